The molecular weight excluding hydrogens is 356 g/mol. The molecule has 1 aliphatic heterocycles. The second-order valence-corrected chi connectivity index (χ2v) is 9.06. The second kappa shape index (κ2) is 9.56. The van der Waals surface area contributed by atoms with Gasteiger partial charge in [0.15, 0.2) is 9.84 Å². The van der Waals surface area contributed by atoms with Crippen molar-refractivity contribution in [2.24, 2.45) is 0 Å². The number of carbonyl (C=O) groups excluding carboxylic acids is 1. The van der Waals surface area contributed by atoms with Crippen LogP contribution in [0.3, 0.4) is 0 Å². The Hall–Kier alpha value is -2.09. The summed E-state index contributed by atoms with van der Waals surface area (Å²) >= 11 is 0. The van der Waals surface area contributed by atoms with Crippen LogP contribution in [0.2, 0.25) is 0 Å². The van der Waals surface area contributed by atoms with Gasteiger partial charge < -0.3 is 15.7 Å². The molecular formula is C18H26N2O5S. The zero-order chi connectivity index (χ0) is 19.0. The Kier molecular flexibility index (Phi) is 7.44. The van der Waals surface area contributed by atoms with Crippen molar-refractivity contribution >= 4 is 21.8 Å². The largest absolute Gasteiger partial charge is 0.481 e. The quantitative estimate of drug-likeness (QED) is 0.634. The van der Waals surface area contributed by atoms with E-state index in [9.17, 15) is 18.0 Å². The third kappa shape index (κ3) is 6.67. The van der Waals surface area contributed by atoms with E-state index < -0.39 is 27.1 Å². The lowest BCUT2D eigenvalue weighted by Crippen LogP contribution is -2.47. The van der Waals surface area contributed by atoms with E-state index >= 15 is 0 Å². The van der Waals surface area contributed by atoms with Gasteiger partial charge in [0.2, 0.25) is 0 Å². The first-order valence-corrected chi connectivity index (χ1v) is 10.6. The van der Waals surface area contributed by atoms with Crippen LogP contribution < -0.4 is 10.6 Å². The number of carboxylic acids is 1. The fraction of sp³-hybridized carbons (Fsp3) is 0.556. The molecule has 1 heterocycles. The summed E-state index contributed by atoms with van der Waals surface area (Å²) in [5.41, 5.74) is 0.998. The van der Waals surface area contributed by atoms with Crippen LogP contribution in [0, 0.1) is 0 Å². The van der Waals surface area contributed by atoms with E-state index in [0.717, 1.165) is 12.0 Å². The first kappa shape index (κ1) is 20.2. The predicted octanol–water partition coefficient (Wildman–Crippen LogP) is 1.73. The minimum Gasteiger partial charge on any atom is -0.481 e. The van der Waals surface area contributed by atoms with Gasteiger partial charge in [0.05, 0.1) is 11.0 Å². The summed E-state index contributed by atoms with van der Waals surface area (Å²) in [4.78, 5) is 23.0. The topological polar surface area (TPSA) is 113 Å². The Morgan fingerprint density at radius 2 is 1.92 bits per heavy atom. The van der Waals surface area contributed by atoms with Crippen LogP contribution in [0.4, 0.5) is 4.79 Å². The van der Waals surface area contributed by atoms with E-state index in [4.69, 9.17) is 5.11 Å². The highest BCUT2D eigenvalue weighted by Crippen LogP contribution is 2.18. The number of hydrogen-bond donors (Lipinski definition) is 3. The fourth-order valence-electron chi connectivity index (χ4n) is 3.12. The third-order valence-corrected chi connectivity index (χ3v) is 6.85. The summed E-state index contributed by atoms with van der Waals surface area (Å²) < 4.78 is 24.0. The van der Waals surface area contributed by atoms with Gasteiger partial charge in [0.1, 0.15) is 0 Å². The van der Waals surface area contributed by atoms with Crippen molar-refractivity contribution in [2.45, 2.75) is 49.8 Å². The molecule has 8 heteroatoms. The summed E-state index contributed by atoms with van der Waals surface area (Å²) in [5.74, 6) is -0.741. The maximum absolute atomic E-state index is 12.2. The van der Waals surface area contributed by atoms with Crippen molar-refractivity contribution in [1.29, 1.82) is 0 Å². The SMILES string of the molecule is O=C(O)CCC(Cc1ccccc1)NC(=O)NCC1CCCCS1(=O)=O. The van der Waals surface area contributed by atoms with Crippen LogP contribution in [0.1, 0.15) is 37.7 Å². The minimum absolute atomic E-state index is 0.0468. The first-order valence-electron chi connectivity index (χ1n) is 8.88. The van der Waals surface area contributed by atoms with Crippen molar-refractivity contribution in [2.75, 3.05) is 12.3 Å². The molecule has 1 aromatic rings. The number of sulfone groups is 1. The molecule has 1 fully saturated rings. The van der Waals surface area contributed by atoms with E-state index in [1.165, 1.54) is 0 Å². The molecule has 0 aliphatic carbocycles. The molecule has 0 radical (unpaired) electrons. The number of rotatable bonds is 8. The molecule has 0 saturated carbocycles. The average molecular weight is 382 g/mol. The van der Waals surface area contributed by atoms with E-state index in [0.29, 0.717) is 25.7 Å². The van der Waals surface area contributed by atoms with Gasteiger partial charge in [-0.05, 0) is 31.2 Å². The van der Waals surface area contributed by atoms with Crippen LogP contribution in [0.15, 0.2) is 30.3 Å². The zero-order valence-corrected chi connectivity index (χ0v) is 15.5. The molecule has 2 amide bonds. The Bertz CT molecular complexity index is 706. The standard InChI is InChI=1S/C18H26N2O5S/c21-17(22)10-9-15(12-14-6-2-1-3-7-14)20-18(23)19-13-16-8-4-5-11-26(16,24)25/h1-3,6-7,15-16H,4-5,8-13H2,(H,21,22)(H2,19,20,23). The molecule has 144 valence electrons. The summed E-state index contributed by atoms with van der Waals surface area (Å²) in [6, 6.07) is 8.70. The molecule has 0 aromatic heterocycles. The maximum Gasteiger partial charge on any atom is 0.315 e. The van der Waals surface area contributed by atoms with Crippen LogP contribution in [-0.2, 0) is 21.1 Å². The summed E-state index contributed by atoms with van der Waals surface area (Å²) in [7, 11) is -3.14. The van der Waals surface area contributed by atoms with E-state index in [2.05, 4.69) is 10.6 Å². The van der Waals surface area contributed by atoms with Gasteiger partial charge in [-0.15, -0.1) is 0 Å². The molecule has 2 rings (SSSR count). The molecule has 2 atom stereocenters. The number of nitrogens with one attached hydrogen (secondary N) is 2. The van der Waals surface area contributed by atoms with Gasteiger partial charge in [-0.25, -0.2) is 13.2 Å². The lowest BCUT2D eigenvalue weighted by molar-refractivity contribution is -0.137. The third-order valence-electron chi connectivity index (χ3n) is 4.57. The molecule has 2 unspecified atom stereocenters. The summed E-state index contributed by atoms with van der Waals surface area (Å²) in [5, 5.41) is 13.8. The van der Waals surface area contributed by atoms with Crippen LogP contribution >= 0.6 is 0 Å². The van der Waals surface area contributed by atoms with E-state index in [1.807, 2.05) is 30.3 Å². The summed E-state index contributed by atoms with van der Waals surface area (Å²) in [6.45, 7) is 0.0884. The maximum atomic E-state index is 12.2. The van der Waals surface area contributed by atoms with Crippen LogP contribution in [0.25, 0.3) is 0 Å². The van der Waals surface area contributed by atoms with Crippen LogP contribution in [0.5, 0.6) is 0 Å². The molecule has 1 saturated heterocycles. The highest BCUT2D eigenvalue weighted by atomic mass is 32.2. The van der Waals surface area contributed by atoms with Gasteiger partial charge in [-0.2, -0.15) is 0 Å². The highest BCUT2D eigenvalue weighted by Gasteiger charge is 2.29. The lowest BCUT2D eigenvalue weighted by atomic mass is 10.0. The van der Waals surface area contributed by atoms with Crippen molar-refractivity contribution in [3.63, 3.8) is 0 Å². The van der Waals surface area contributed by atoms with Gasteiger partial charge in [-0.3, -0.25) is 4.79 Å². The Morgan fingerprint density at radius 3 is 2.58 bits per heavy atom. The highest BCUT2D eigenvalue weighted by molar-refractivity contribution is 7.92. The van der Waals surface area contributed by atoms with Crippen molar-refractivity contribution in [3.05, 3.63) is 35.9 Å². The Balaban J connectivity index is 1.89. The normalized spacial score (nSPS) is 20.1. The Morgan fingerprint density at radius 1 is 1.19 bits per heavy atom. The number of hydrogen-bond acceptors (Lipinski definition) is 4. The van der Waals surface area contributed by atoms with Gasteiger partial charge in [-0.1, -0.05) is 36.8 Å². The number of benzene rings is 1. The van der Waals surface area contributed by atoms with Crippen molar-refractivity contribution < 1.29 is 23.1 Å². The number of amides is 2. The number of urea groups is 1. The van der Waals surface area contributed by atoms with Gasteiger partial charge >= 0.3 is 12.0 Å². The van der Waals surface area contributed by atoms with Crippen LogP contribution in [-0.4, -0.2) is 49.1 Å². The summed E-state index contributed by atoms with van der Waals surface area (Å²) in [6.07, 6.45) is 2.87. The zero-order valence-electron chi connectivity index (χ0n) is 14.7. The lowest BCUT2D eigenvalue weighted by Gasteiger charge is -2.23. The fourth-order valence-corrected chi connectivity index (χ4v) is 4.92. The molecule has 1 aromatic carbocycles. The average Bonchev–Trinajstić information content (AvgIpc) is 2.59. The minimum atomic E-state index is -3.14. The first-order chi connectivity index (χ1) is 12.4. The molecule has 1 aliphatic rings. The molecule has 0 spiro atoms. The molecule has 7 nitrogen and oxygen atoms in total. The van der Waals surface area contributed by atoms with E-state index in [1.54, 1.807) is 0 Å². The van der Waals surface area contributed by atoms with Crippen molar-refractivity contribution in [1.82, 2.24) is 10.6 Å². The van der Waals surface area contributed by atoms with Crippen molar-refractivity contribution in [3.8, 4) is 0 Å². The second-order valence-electron chi connectivity index (χ2n) is 6.66. The number of aliphatic carboxylic acids is 1. The monoisotopic (exact) mass is 382 g/mol. The smallest absolute Gasteiger partial charge is 0.315 e. The predicted molar refractivity (Wildman–Crippen MR) is 98.8 cm³/mol. The molecule has 26 heavy (non-hydrogen) atoms. The van der Waals surface area contributed by atoms with E-state index in [-0.39, 0.29) is 24.8 Å². The van der Waals surface area contributed by atoms with Gasteiger partial charge in [0, 0.05) is 19.0 Å². The number of carboxylic acid groups (broad SMARTS) is 1. The molecule has 0 bridgehead atoms. The van der Waals surface area contributed by atoms with Gasteiger partial charge in [0.25, 0.3) is 0 Å². The number of carbonyl (C=O) groups is 2. The molecule has 3 N–H and O–H groups in total. The Labute approximate surface area is 154 Å².